The molecule has 2 aromatic heterocycles. The first-order valence-electron chi connectivity index (χ1n) is 11.6. The van der Waals surface area contributed by atoms with Gasteiger partial charge in [0.15, 0.2) is 5.82 Å². The molecular weight excluding hydrogens is 432 g/mol. The zero-order chi connectivity index (χ0) is 22.8. The van der Waals surface area contributed by atoms with E-state index in [0.29, 0.717) is 11.5 Å². The van der Waals surface area contributed by atoms with Gasteiger partial charge in [0.1, 0.15) is 11.8 Å². The molecule has 0 aromatic carbocycles. The van der Waals surface area contributed by atoms with Gasteiger partial charge < -0.3 is 20.1 Å². The van der Waals surface area contributed by atoms with Crippen LogP contribution in [0.15, 0.2) is 18.2 Å². The summed E-state index contributed by atoms with van der Waals surface area (Å²) in [6, 6.07) is 4.82. The Morgan fingerprint density at radius 2 is 1.97 bits per heavy atom. The monoisotopic (exact) mass is 459 g/mol. The van der Waals surface area contributed by atoms with E-state index in [1.165, 1.54) is 6.07 Å². The number of anilines is 2. The fourth-order valence-electron chi connectivity index (χ4n) is 6.46. The third-order valence-corrected chi connectivity index (χ3v) is 7.56. The third-order valence-electron chi connectivity index (χ3n) is 7.56. The van der Waals surface area contributed by atoms with Crippen LogP contribution in [0.25, 0.3) is 0 Å². The number of halogens is 2. The standard InChI is InChI=1S/C23H27F2N5O3/c1-12-8-22-9-23(10-22,11-22)28-21(31)33-15-3-2-13(4-15)16-7-18(30-29-16)26-14-5-17(20(24)25)27-19(6-14)32-12/h5-7,12-13,15,20H,2-4,8-11H2,1H3,(H,28,31)(H2,26,29,30)/t12-,13+,15-,22?,23?/m1/s1. The predicted molar refractivity (Wildman–Crippen MR) is 115 cm³/mol. The van der Waals surface area contributed by atoms with Crippen LogP contribution in [0.4, 0.5) is 25.1 Å². The largest absolute Gasteiger partial charge is 0.475 e. The van der Waals surface area contributed by atoms with Gasteiger partial charge in [-0.3, -0.25) is 5.10 Å². The fourth-order valence-corrected chi connectivity index (χ4v) is 6.46. The van der Waals surface area contributed by atoms with Gasteiger partial charge in [0.2, 0.25) is 5.88 Å². The summed E-state index contributed by atoms with van der Waals surface area (Å²) in [6.07, 6.45) is 2.51. The molecule has 4 saturated carbocycles. The smallest absolute Gasteiger partial charge is 0.407 e. The highest BCUT2D eigenvalue weighted by Crippen LogP contribution is 2.69. The normalized spacial score (nSPS) is 34.9. The average Bonchev–Trinajstić information content (AvgIpc) is 3.34. The van der Waals surface area contributed by atoms with Crippen LogP contribution < -0.4 is 15.4 Å². The van der Waals surface area contributed by atoms with Crippen molar-refractivity contribution in [2.45, 2.75) is 82.0 Å². The zero-order valence-corrected chi connectivity index (χ0v) is 18.4. The number of alkyl halides is 2. The van der Waals surface area contributed by atoms with E-state index in [1.807, 2.05) is 13.0 Å². The van der Waals surface area contributed by atoms with Crippen LogP contribution in [0.3, 0.4) is 0 Å². The Labute approximate surface area is 189 Å². The average molecular weight is 459 g/mol. The first kappa shape index (κ1) is 20.7. The molecule has 3 N–H and O–H groups in total. The lowest BCUT2D eigenvalue weighted by molar-refractivity contribution is -0.166. The summed E-state index contributed by atoms with van der Waals surface area (Å²) in [5.74, 6) is 0.883. The number of carbonyl (C=O) groups is 1. The Bertz CT molecular complexity index is 1070. The van der Waals surface area contributed by atoms with Gasteiger partial charge in [-0.1, -0.05) is 0 Å². The van der Waals surface area contributed by atoms with Crippen molar-refractivity contribution in [3.63, 3.8) is 0 Å². The second-order valence-electron chi connectivity index (χ2n) is 10.4. The van der Waals surface area contributed by atoms with E-state index in [9.17, 15) is 13.6 Å². The number of amides is 1. The van der Waals surface area contributed by atoms with Crippen LogP contribution in [-0.2, 0) is 4.74 Å². The molecule has 4 aliphatic carbocycles. The highest BCUT2D eigenvalue weighted by Gasteiger charge is 2.68. The van der Waals surface area contributed by atoms with Crippen LogP contribution in [0.5, 0.6) is 5.88 Å². The summed E-state index contributed by atoms with van der Waals surface area (Å²) < 4.78 is 38.7. The molecule has 0 saturated heterocycles. The summed E-state index contributed by atoms with van der Waals surface area (Å²) >= 11 is 0. The van der Waals surface area contributed by atoms with Gasteiger partial charge in [-0.2, -0.15) is 5.10 Å². The van der Waals surface area contributed by atoms with E-state index in [4.69, 9.17) is 9.47 Å². The minimum atomic E-state index is -2.71. The molecule has 8 nitrogen and oxygen atoms in total. The molecule has 0 radical (unpaired) electrons. The van der Waals surface area contributed by atoms with E-state index >= 15 is 0 Å². The van der Waals surface area contributed by atoms with E-state index in [0.717, 1.165) is 50.6 Å². The number of hydrogen-bond acceptors (Lipinski definition) is 6. The number of hydrogen-bond donors (Lipinski definition) is 3. The molecule has 3 atom stereocenters. The number of ether oxygens (including phenoxy) is 2. The molecule has 0 spiro atoms. The SMILES string of the molecule is C[C@@H]1CC23CC(C2)(C3)NC(=O)O[C@@H]2CC[C@@H](C2)c2cc(n[nH]2)Nc2cc(nc(C(F)F)c2)O1. The minimum Gasteiger partial charge on any atom is -0.475 e. The molecule has 7 aliphatic rings. The molecule has 1 amide bonds. The van der Waals surface area contributed by atoms with Crippen molar-refractivity contribution in [3.05, 3.63) is 29.6 Å². The topological polar surface area (TPSA) is 101 Å². The number of nitrogens with one attached hydrogen (secondary N) is 3. The van der Waals surface area contributed by atoms with Gasteiger partial charge in [-0.15, -0.1) is 0 Å². The molecular formula is C23H27F2N5O3. The van der Waals surface area contributed by atoms with Crippen LogP contribution in [0.1, 0.15) is 75.6 Å². The molecule has 5 heterocycles. The summed E-state index contributed by atoms with van der Waals surface area (Å²) in [7, 11) is 0. The number of aromatic amines is 1. The van der Waals surface area contributed by atoms with Crippen molar-refractivity contribution in [2.75, 3.05) is 5.32 Å². The Hall–Kier alpha value is -2.91. The number of aromatic nitrogens is 3. The van der Waals surface area contributed by atoms with Gasteiger partial charge in [0, 0.05) is 35.0 Å². The van der Waals surface area contributed by atoms with E-state index in [2.05, 4.69) is 25.8 Å². The van der Waals surface area contributed by atoms with E-state index in [1.54, 1.807) is 6.07 Å². The molecule has 0 unspecified atom stereocenters. The van der Waals surface area contributed by atoms with Crippen molar-refractivity contribution in [1.82, 2.24) is 20.5 Å². The lowest BCUT2D eigenvalue weighted by Crippen LogP contribution is -2.75. The van der Waals surface area contributed by atoms with E-state index in [-0.39, 0.29) is 46.7 Å². The quantitative estimate of drug-likeness (QED) is 0.558. The Balaban J connectivity index is 1.29. The van der Waals surface area contributed by atoms with Crippen molar-refractivity contribution >= 4 is 17.6 Å². The first-order valence-corrected chi connectivity index (χ1v) is 11.6. The molecule has 4 fully saturated rings. The van der Waals surface area contributed by atoms with Crippen molar-refractivity contribution < 1.29 is 23.0 Å². The van der Waals surface area contributed by atoms with Crippen LogP contribution in [-0.4, -0.2) is 39.0 Å². The van der Waals surface area contributed by atoms with Crippen LogP contribution in [0.2, 0.25) is 0 Å². The van der Waals surface area contributed by atoms with Gasteiger partial charge in [0.05, 0.1) is 6.10 Å². The zero-order valence-electron chi connectivity index (χ0n) is 18.4. The molecule has 9 rings (SSSR count). The second kappa shape index (κ2) is 7.30. The van der Waals surface area contributed by atoms with E-state index < -0.39 is 6.43 Å². The minimum absolute atomic E-state index is 0.122. The Kier molecular flexibility index (Phi) is 4.57. The lowest BCUT2D eigenvalue weighted by Gasteiger charge is -2.71. The number of pyridine rings is 1. The number of carbonyl (C=O) groups excluding carboxylic acids is 1. The highest BCUT2D eigenvalue weighted by molar-refractivity contribution is 5.69. The second-order valence-corrected chi connectivity index (χ2v) is 10.4. The maximum Gasteiger partial charge on any atom is 0.407 e. The highest BCUT2D eigenvalue weighted by atomic mass is 19.3. The summed E-state index contributed by atoms with van der Waals surface area (Å²) in [4.78, 5) is 16.5. The first-order chi connectivity index (χ1) is 15.8. The number of rotatable bonds is 1. The van der Waals surface area contributed by atoms with Gasteiger partial charge in [0.25, 0.3) is 6.43 Å². The summed E-state index contributed by atoms with van der Waals surface area (Å²) in [5, 5.41) is 13.5. The van der Waals surface area contributed by atoms with Crippen molar-refractivity contribution in [2.24, 2.45) is 5.41 Å². The Morgan fingerprint density at radius 3 is 2.76 bits per heavy atom. The van der Waals surface area contributed by atoms with Crippen molar-refractivity contribution in [1.29, 1.82) is 0 Å². The maximum absolute atomic E-state index is 13.5. The Morgan fingerprint density at radius 1 is 1.15 bits per heavy atom. The third kappa shape index (κ3) is 3.79. The van der Waals surface area contributed by atoms with Gasteiger partial charge in [-0.05, 0) is 63.4 Å². The van der Waals surface area contributed by atoms with Crippen LogP contribution in [0, 0.1) is 5.41 Å². The summed E-state index contributed by atoms with van der Waals surface area (Å²) in [5.41, 5.74) is 0.996. The molecule has 2 aromatic rings. The number of nitrogens with zero attached hydrogens (tertiary/aromatic N) is 2. The molecule has 3 aliphatic heterocycles. The number of alkyl carbamates (subject to hydrolysis) is 1. The maximum atomic E-state index is 13.5. The molecule has 10 heteroatoms. The van der Waals surface area contributed by atoms with Gasteiger partial charge >= 0.3 is 6.09 Å². The summed E-state index contributed by atoms with van der Waals surface area (Å²) in [6.45, 7) is 1.93. The predicted octanol–water partition coefficient (Wildman–Crippen LogP) is 4.94. The van der Waals surface area contributed by atoms with Crippen molar-refractivity contribution in [3.8, 4) is 5.88 Å². The molecule has 176 valence electrons. The lowest BCUT2D eigenvalue weighted by atomic mass is 9.38. The fraction of sp³-hybridized carbons (Fsp3) is 0.609. The number of H-pyrrole nitrogens is 1. The van der Waals surface area contributed by atoms with Crippen LogP contribution >= 0.6 is 0 Å². The van der Waals surface area contributed by atoms with Gasteiger partial charge in [-0.25, -0.2) is 18.6 Å². The molecule has 33 heavy (non-hydrogen) atoms. The molecule has 8 bridgehead atoms.